The standard InChI is InChI=1S/C24H19Cl2N3O2S/c25-17-6-4-16(5-7-17)14-31-19-8-9-20(21(26)13-19)24-29-22(15-32-24)23(30)28-12-10-18-3-1-2-11-27-18/h1-9,11,13,15H,10,12,14H2,(H,28,30). The molecule has 2 aromatic carbocycles. The third-order valence-corrected chi connectivity index (χ3v) is 6.06. The molecule has 162 valence electrons. The zero-order chi connectivity index (χ0) is 22.3. The molecule has 32 heavy (non-hydrogen) atoms. The normalized spacial score (nSPS) is 10.7. The second-order valence-corrected chi connectivity index (χ2v) is 8.62. The molecule has 0 saturated carbocycles. The van der Waals surface area contributed by atoms with Gasteiger partial charge in [0.05, 0.1) is 5.02 Å². The summed E-state index contributed by atoms with van der Waals surface area (Å²) in [6, 6.07) is 18.6. The second-order valence-electron chi connectivity index (χ2n) is 6.92. The first kappa shape index (κ1) is 22.3. The number of halogens is 2. The lowest BCUT2D eigenvalue weighted by Crippen LogP contribution is -2.26. The van der Waals surface area contributed by atoms with Gasteiger partial charge in [-0.1, -0.05) is 41.4 Å². The van der Waals surface area contributed by atoms with Crippen LogP contribution in [-0.4, -0.2) is 22.4 Å². The summed E-state index contributed by atoms with van der Waals surface area (Å²) in [5, 5.41) is 6.47. The summed E-state index contributed by atoms with van der Waals surface area (Å²) in [5.41, 5.74) is 3.05. The number of carbonyl (C=O) groups excluding carboxylic acids is 1. The van der Waals surface area contributed by atoms with Crippen molar-refractivity contribution in [3.63, 3.8) is 0 Å². The number of rotatable bonds is 8. The maximum Gasteiger partial charge on any atom is 0.270 e. The van der Waals surface area contributed by atoms with Crippen LogP contribution in [0.15, 0.2) is 72.2 Å². The predicted molar refractivity (Wildman–Crippen MR) is 129 cm³/mol. The Morgan fingerprint density at radius 1 is 1.06 bits per heavy atom. The van der Waals surface area contributed by atoms with Crippen molar-refractivity contribution < 1.29 is 9.53 Å². The minimum atomic E-state index is -0.220. The molecule has 2 heterocycles. The highest BCUT2D eigenvalue weighted by atomic mass is 35.5. The van der Waals surface area contributed by atoms with Crippen molar-refractivity contribution >= 4 is 40.4 Å². The molecule has 8 heteroatoms. The lowest BCUT2D eigenvalue weighted by atomic mass is 10.2. The Labute approximate surface area is 200 Å². The van der Waals surface area contributed by atoms with Crippen molar-refractivity contribution in [3.05, 3.63) is 99.2 Å². The van der Waals surface area contributed by atoms with E-state index < -0.39 is 0 Å². The van der Waals surface area contributed by atoms with Gasteiger partial charge in [-0.25, -0.2) is 4.98 Å². The van der Waals surface area contributed by atoms with Crippen molar-refractivity contribution in [2.24, 2.45) is 0 Å². The SMILES string of the molecule is O=C(NCCc1ccccn1)c1csc(-c2ccc(OCc3ccc(Cl)cc3)cc2Cl)n1. The van der Waals surface area contributed by atoms with Gasteiger partial charge in [0.25, 0.3) is 5.91 Å². The molecule has 4 aromatic rings. The van der Waals surface area contributed by atoms with Gasteiger partial charge in [-0.3, -0.25) is 9.78 Å². The number of carbonyl (C=O) groups is 1. The van der Waals surface area contributed by atoms with Crippen molar-refractivity contribution in [1.29, 1.82) is 0 Å². The molecule has 0 saturated heterocycles. The van der Waals surface area contributed by atoms with Crippen LogP contribution >= 0.6 is 34.5 Å². The number of thiazole rings is 1. The lowest BCUT2D eigenvalue weighted by molar-refractivity contribution is 0.0950. The molecular weight excluding hydrogens is 465 g/mol. The largest absolute Gasteiger partial charge is 0.489 e. The molecule has 0 aliphatic heterocycles. The van der Waals surface area contributed by atoms with Crippen molar-refractivity contribution in [2.75, 3.05) is 6.54 Å². The minimum Gasteiger partial charge on any atom is -0.489 e. The molecule has 0 spiro atoms. The van der Waals surface area contributed by atoms with Gasteiger partial charge in [0.2, 0.25) is 0 Å². The van der Waals surface area contributed by atoms with Gasteiger partial charge in [0, 0.05) is 40.8 Å². The Morgan fingerprint density at radius 2 is 1.91 bits per heavy atom. The molecule has 0 fully saturated rings. The van der Waals surface area contributed by atoms with E-state index in [1.165, 1.54) is 11.3 Å². The molecular formula is C24H19Cl2N3O2S. The number of ether oxygens (including phenoxy) is 1. The molecule has 0 unspecified atom stereocenters. The summed E-state index contributed by atoms with van der Waals surface area (Å²) in [7, 11) is 0. The lowest BCUT2D eigenvalue weighted by Gasteiger charge is -2.08. The topological polar surface area (TPSA) is 64.1 Å². The van der Waals surface area contributed by atoms with E-state index in [-0.39, 0.29) is 5.91 Å². The maximum absolute atomic E-state index is 12.4. The van der Waals surface area contributed by atoms with Crippen molar-refractivity contribution in [3.8, 4) is 16.3 Å². The molecule has 0 radical (unpaired) electrons. The summed E-state index contributed by atoms with van der Waals surface area (Å²) in [6.45, 7) is 0.899. The Morgan fingerprint density at radius 3 is 2.66 bits per heavy atom. The van der Waals surface area contributed by atoms with Crippen LogP contribution in [0.25, 0.3) is 10.6 Å². The van der Waals surface area contributed by atoms with Crippen LogP contribution in [0.5, 0.6) is 5.75 Å². The zero-order valence-corrected chi connectivity index (χ0v) is 19.3. The number of nitrogens with one attached hydrogen (secondary N) is 1. The summed E-state index contributed by atoms with van der Waals surface area (Å²) in [6.07, 6.45) is 2.40. The van der Waals surface area contributed by atoms with E-state index in [1.54, 1.807) is 17.6 Å². The number of amides is 1. The van der Waals surface area contributed by atoms with E-state index in [2.05, 4.69) is 15.3 Å². The Bertz CT molecular complexity index is 1200. The van der Waals surface area contributed by atoms with Gasteiger partial charge in [-0.05, 0) is 48.0 Å². The molecule has 0 atom stereocenters. The predicted octanol–water partition coefficient (Wildman–Crippen LogP) is 6.06. The van der Waals surface area contributed by atoms with Crippen LogP contribution in [0.3, 0.4) is 0 Å². The molecule has 1 N–H and O–H groups in total. The molecule has 0 bridgehead atoms. The highest BCUT2D eigenvalue weighted by Crippen LogP contribution is 2.33. The van der Waals surface area contributed by atoms with E-state index in [0.29, 0.717) is 46.1 Å². The zero-order valence-electron chi connectivity index (χ0n) is 16.9. The summed E-state index contributed by atoms with van der Waals surface area (Å²) >= 11 is 13.7. The highest BCUT2D eigenvalue weighted by molar-refractivity contribution is 7.13. The van der Waals surface area contributed by atoms with Crippen LogP contribution in [0.2, 0.25) is 10.0 Å². The van der Waals surface area contributed by atoms with Crippen LogP contribution in [0, 0.1) is 0 Å². The summed E-state index contributed by atoms with van der Waals surface area (Å²) in [4.78, 5) is 21.1. The van der Waals surface area contributed by atoms with Gasteiger partial charge in [0.15, 0.2) is 0 Å². The Balaban J connectivity index is 1.35. The fraction of sp³-hybridized carbons (Fsp3) is 0.125. The Hall–Kier alpha value is -2.93. The van der Waals surface area contributed by atoms with Gasteiger partial charge >= 0.3 is 0 Å². The van der Waals surface area contributed by atoms with Crippen molar-refractivity contribution in [1.82, 2.24) is 15.3 Å². The van der Waals surface area contributed by atoms with E-state index >= 15 is 0 Å². The van der Waals surface area contributed by atoms with E-state index in [9.17, 15) is 4.79 Å². The van der Waals surface area contributed by atoms with E-state index in [1.807, 2.05) is 54.6 Å². The fourth-order valence-corrected chi connectivity index (χ4v) is 4.23. The van der Waals surface area contributed by atoms with Crippen LogP contribution in [0.1, 0.15) is 21.7 Å². The fourth-order valence-electron chi connectivity index (χ4n) is 2.95. The van der Waals surface area contributed by atoms with Crippen LogP contribution < -0.4 is 10.1 Å². The first-order valence-electron chi connectivity index (χ1n) is 9.89. The number of hydrogen-bond acceptors (Lipinski definition) is 5. The van der Waals surface area contributed by atoms with Crippen LogP contribution in [0.4, 0.5) is 0 Å². The molecule has 5 nitrogen and oxygen atoms in total. The van der Waals surface area contributed by atoms with E-state index in [0.717, 1.165) is 16.8 Å². The maximum atomic E-state index is 12.4. The first-order chi connectivity index (χ1) is 15.6. The first-order valence-corrected chi connectivity index (χ1v) is 11.5. The monoisotopic (exact) mass is 483 g/mol. The molecule has 0 aliphatic rings. The van der Waals surface area contributed by atoms with Gasteiger partial charge in [0.1, 0.15) is 23.1 Å². The Kier molecular flexibility index (Phi) is 7.37. The van der Waals surface area contributed by atoms with Crippen molar-refractivity contribution in [2.45, 2.75) is 13.0 Å². The van der Waals surface area contributed by atoms with Crippen LogP contribution in [-0.2, 0) is 13.0 Å². The third-order valence-electron chi connectivity index (χ3n) is 4.62. The second kappa shape index (κ2) is 10.6. The average Bonchev–Trinajstić information content (AvgIpc) is 3.29. The number of pyridine rings is 1. The van der Waals surface area contributed by atoms with Gasteiger partial charge in [-0.15, -0.1) is 11.3 Å². The quantitative estimate of drug-likeness (QED) is 0.330. The number of hydrogen-bond donors (Lipinski definition) is 1. The average molecular weight is 484 g/mol. The minimum absolute atomic E-state index is 0.220. The molecule has 4 rings (SSSR count). The number of nitrogens with zero attached hydrogens (tertiary/aromatic N) is 2. The summed E-state index contributed by atoms with van der Waals surface area (Å²) in [5.74, 6) is 0.431. The number of aromatic nitrogens is 2. The smallest absolute Gasteiger partial charge is 0.270 e. The number of benzene rings is 2. The molecule has 0 aliphatic carbocycles. The molecule has 2 aromatic heterocycles. The van der Waals surface area contributed by atoms with Gasteiger partial charge < -0.3 is 10.1 Å². The van der Waals surface area contributed by atoms with Gasteiger partial charge in [-0.2, -0.15) is 0 Å². The van der Waals surface area contributed by atoms with E-state index in [4.69, 9.17) is 27.9 Å². The third kappa shape index (κ3) is 5.85. The highest BCUT2D eigenvalue weighted by Gasteiger charge is 2.14. The summed E-state index contributed by atoms with van der Waals surface area (Å²) < 4.78 is 5.81. The molecule has 1 amide bonds.